The Kier molecular flexibility index (Phi) is 3.95. The van der Waals surface area contributed by atoms with Crippen molar-refractivity contribution in [2.24, 2.45) is 0 Å². The molecule has 0 aliphatic rings. The fourth-order valence-electron chi connectivity index (χ4n) is 1.06. The van der Waals surface area contributed by atoms with E-state index in [0.717, 1.165) is 6.07 Å². The largest absolute Gasteiger partial charge is 0.387 e. The van der Waals surface area contributed by atoms with Crippen molar-refractivity contribution in [3.05, 3.63) is 34.1 Å². The highest BCUT2D eigenvalue weighted by Gasteiger charge is 2.17. The Labute approximate surface area is 87.7 Å². The van der Waals surface area contributed by atoms with Gasteiger partial charge in [0.2, 0.25) is 0 Å². The number of rotatable bonds is 3. The van der Waals surface area contributed by atoms with Crippen LogP contribution in [0.3, 0.4) is 0 Å². The molecule has 1 N–H and O–H groups in total. The Balaban J connectivity index is 2.76. The number of aliphatic hydroxyl groups is 1. The zero-order valence-electron chi connectivity index (χ0n) is 7.05. The number of alkyl halides is 2. The minimum absolute atomic E-state index is 0.256. The second-order valence-corrected chi connectivity index (χ2v) is 3.80. The minimum Gasteiger partial charge on any atom is -0.387 e. The number of aliphatic hydroxyl groups excluding tert-OH is 1. The fourth-order valence-corrected chi connectivity index (χ4v) is 1.57. The average Bonchev–Trinajstić information content (AvgIpc) is 2.01. The third-order valence-corrected chi connectivity index (χ3v) is 2.12. The standard InChI is InChI=1S/C9H8BrF3O/c10-6-1-5(2-7(11)4-6)3-8(14)9(12)13/h1-2,4,8-9,14H,3H2. The van der Waals surface area contributed by atoms with Gasteiger partial charge in [0.05, 0.1) is 0 Å². The first-order valence-corrected chi connectivity index (χ1v) is 4.69. The Bertz CT molecular complexity index is 297. The van der Waals surface area contributed by atoms with Crippen LogP contribution < -0.4 is 0 Å². The molecule has 0 amide bonds. The van der Waals surface area contributed by atoms with Gasteiger partial charge in [-0.3, -0.25) is 0 Å². The molecule has 1 rings (SSSR count). The van der Waals surface area contributed by atoms with Gasteiger partial charge < -0.3 is 5.11 Å². The molecule has 1 atom stereocenters. The number of halogens is 4. The summed E-state index contributed by atoms with van der Waals surface area (Å²) in [6.45, 7) is 0. The molecule has 0 saturated heterocycles. The molecule has 1 unspecified atom stereocenters. The molecule has 1 aromatic rings. The number of hydrogen-bond acceptors (Lipinski definition) is 1. The summed E-state index contributed by atoms with van der Waals surface area (Å²) in [4.78, 5) is 0. The van der Waals surface area contributed by atoms with Crippen molar-refractivity contribution in [3.8, 4) is 0 Å². The molecule has 0 radical (unpaired) electrons. The highest BCUT2D eigenvalue weighted by molar-refractivity contribution is 9.10. The molecule has 0 aromatic heterocycles. The van der Waals surface area contributed by atoms with Crippen LogP contribution in [-0.4, -0.2) is 17.6 Å². The summed E-state index contributed by atoms with van der Waals surface area (Å²) in [6.07, 6.45) is -4.81. The Morgan fingerprint density at radius 3 is 2.43 bits per heavy atom. The first-order chi connectivity index (χ1) is 6.49. The zero-order chi connectivity index (χ0) is 10.7. The molecular weight excluding hydrogens is 261 g/mol. The number of hydrogen-bond donors (Lipinski definition) is 1. The van der Waals surface area contributed by atoms with E-state index in [0.29, 0.717) is 10.0 Å². The van der Waals surface area contributed by atoms with Crippen LogP contribution in [0.4, 0.5) is 13.2 Å². The van der Waals surface area contributed by atoms with Crippen LogP contribution in [0.1, 0.15) is 5.56 Å². The summed E-state index contributed by atoms with van der Waals surface area (Å²) in [5.74, 6) is -0.518. The van der Waals surface area contributed by atoms with Crippen LogP contribution in [0.5, 0.6) is 0 Å². The second kappa shape index (κ2) is 4.79. The summed E-state index contributed by atoms with van der Waals surface area (Å²) >= 11 is 3.03. The van der Waals surface area contributed by atoms with E-state index in [1.54, 1.807) is 0 Å². The molecule has 1 aromatic carbocycles. The Morgan fingerprint density at radius 2 is 1.93 bits per heavy atom. The van der Waals surface area contributed by atoms with Crippen molar-refractivity contribution in [1.29, 1.82) is 0 Å². The van der Waals surface area contributed by atoms with Gasteiger partial charge in [-0.15, -0.1) is 0 Å². The predicted octanol–water partition coefficient (Wildman–Crippen LogP) is 2.76. The normalized spacial score (nSPS) is 13.3. The summed E-state index contributed by atoms with van der Waals surface area (Å²) in [5.41, 5.74) is 0.338. The van der Waals surface area contributed by atoms with Gasteiger partial charge in [-0.25, -0.2) is 13.2 Å². The molecular formula is C9H8BrF3O. The van der Waals surface area contributed by atoms with Gasteiger partial charge in [-0.05, 0) is 23.8 Å². The SMILES string of the molecule is OC(Cc1cc(F)cc(Br)c1)C(F)F. The summed E-state index contributed by atoms with van der Waals surface area (Å²) in [7, 11) is 0. The van der Waals surface area contributed by atoms with E-state index in [4.69, 9.17) is 5.11 Å². The van der Waals surface area contributed by atoms with Gasteiger partial charge >= 0.3 is 0 Å². The lowest BCUT2D eigenvalue weighted by Gasteiger charge is -2.09. The Morgan fingerprint density at radius 1 is 1.29 bits per heavy atom. The maximum absolute atomic E-state index is 12.8. The van der Waals surface area contributed by atoms with Gasteiger partial charge in [-0.2, -0.15) is 0 Å². The predicted molar refractivity (Wildman–Crippen MR) is 49.8 cm³/mol. The van der Waals surface area contributed by atoms with E-state index in [-0.39, 0.29) is 6.42 Å². The number of benzene rings is 1. The minimum atomic E-state index is -2.81. The fraction of sp³-hybridized carbons (Fsp3) is 0.333. The van der Waals surface area contributed by atoms with E-state index in [1.807, 2.05) is 0 Å². The van der Waals surface area contributed by atoms with Crippen LogP contribution in [-0.2, 0) is 6.42 Å². The first-order valence-electron chi connectivity index (χ1n) is 3.90. The van der Waals surface area contributed by atoms with Crippen molar-refractivity contribution in [2.45, 2.75) is 19.0 Å². The van der Waals surface area contributed by atoms with Crippen LogP contribution in [0.2, 0.25) is 0 Å². The maximum atomic E-state index is 12.8. The molecule has 1 nitrogen and oxygen atoms in total. The summed E-state index contributed by atoms with van der Waals surface area (Å²) in [6, 6.07) is 3.84. The highest BCUT2D eigenvalue weighted by Crippen LogP contribution is 2.17. The Hall–Kier alpha value is -0.550. The van der Waals surface area contributed by atoms with Gasteiger partial charge in [-0.1, -0.05) is 15.9 Å². The van der Waals surface area contributed by atoms with Crippen molar-refractivity contribution in [1.82, 2.24) is 0 Å². The third-order valence-electron chi connectivity index (χ3n) is 1.66. The lowest BCUT2D eigenvalue weighted by molar-refractivity contribution is -0.00369. The smallest absolute Gasteiger partial charge is 0.264 e. The van der Waals surface area contributed by atoms with Crippen molar-refractivity contribution >= 4 is 15.9 Å². The second-order valence-electron chi connectivity index (χ2n) is 2.88. The highest BCUT2D eigenvalue weighted by atomic mass is 79.9. The molecule has 5 heteroatoms. The van der Waals surface area contributed by atoms with Gasteiger partial charge in [0.25, 0.3) is 6.43 Å². The van der Waals surface area contributed by atoms with E-state index in [1.165, 1.54) is 12.1 Å². The van der Waals surface area contributed by atoms with Crippen molar-refractivity contribution < 1.29 is 18.3 Å². The summed E-state index contributed by atoms with van der Waals surface area (Å²) < 4.78 is 37.2. The molecule has 78 valence electrons. The monoisotopic (exact) mass is 268 g/mol. The van der Waals surface area contributed by atoms with E-state index in [9.17, 15) is 13.2 Å². The molecule has 0 saturated carbocycles. The van der Waals surface area contributed by atoms with Crippen molar-refractivity contribution in [3.63, 3.8) is 0 Å². The first kappa shape index (κ1) is 11.5. The van der Waals surface area contributed by atoms with E-state index < -0.39 is 18.3 Å². The molecule has 0 fully saturated rings. The quantitative estimate of drug-likeness (QED) is 0.894. The molecule has 0 heterocycles. The maximum Gasteiger partial charge on any atom is 0.264 e. The molecule has 0 aliphatic carbocycles. The average molecular weight is 269 g/mol. The van der Waals surface area contributed by atoms with E-state index >= 15 is 0 Å². The van der Waals surface area contributed by atoms with Gasteiger partial charge in [0.1, 0.15) is 11.9 Å². The van der Waals surface area contributed by atoms with Crippen LogP contribution in [0.25, 0.3) is 0 Å². The van der Waals surface area contributed by atoms with Crippen molar-refractivity contribution in [2.75, 3.05) is 0 Å². The lowest BCUT2D eigenvalue weighted by Crippen LogP contribution is -2.20. The van der Waals surface area contributed by atoms with Gasteiger partial charge in [0, 0.05) is 10.9 Å². The van der Waals surface area contributed by atoms with Crippen LogP contribution in [0.15, 0.2) is 22.7 Å². The molecule has 0 aliphatic heterocycles. The van der Waals surface area contributed by atoms with Gasteiger partial charge in [0.15, 0.2) is 0 Å². The van der Waals surface area contributed by atoms with Crippen LogP contribution in [0, 0.1) is 5.82 Å². The lowest BCUT2D eigenvalue weighted by atomic mass is 10.1. The topological polar surface area (TPSA) is 20.2 Å². The zero-order valence-corrected chi connectivity index (χ0v) is 8.64. The van der Waals surface area contributed by atoms with Crippen LogP contribution >= 0.6 is 15.9 Å². The summed E-state index contributed by atoms with van der Waals surface area (Å²) in [5, 5.41) is 8.87. The molecule has 0 spiro atoms. The third kappa shape index (κ3) is 3.31. The van der Waals surface area contributed by atoms with E-state index in [2.05, 4.69) is 15.9 Å². The molecule has 0 bridgehead atoms. The molecule has 14 heavy (non-hydrogen) atoms.